The molecule has 1 aliphatic rings. The van der Waals surface area contributed by atoms with Crippen molar-refractivity contribution in [1.29, 1.82) is 0 Å². The number of phenols is 1. The van der Waals surface area contributed by atoms with Crippen molar-refractivity contribution in [3.05, 3.63) is 48.2 Å². The van der Waals surface area contributed by atoms with Gasteiger partial charge < -0.3 is 10.0 Å². The SMILES string of the molecule is CS(=O)(=O)C1CN(c2ccc3c(cnn3-c3cc(O)c(F)c(F)c3)c2)C1. The fourth-order valence-electron chi connectivity index (χ4n) is 3.03. The second kappa shape index (κ2) is 5.66. The van der Waals surface area contributed by atoms with Gasteiger partial charge in [-0.3, -0.25) is 0 Å². The Labute approximate surface area is 148 Å². The molecule has 3 aromatic rings. The van der Waals surface area contributed by atoms with E-state index in [4.69, 9.17) is 0 Å². The van der Waals surface area contributed by atoms with Crippen molar-refractivity contribution in [2.75, 3.05) is 24.2 Å². The Kier molecular flexibility index (Phi) is 3.65. The molecule has 2 aromatic carbocycles. The number of aromatic hydroxyl groups is 1. The Morgan fingerprint density at radius 3 is 2.54 bits per heavy atom. The molecule has 1 aromatic heterocycles. The van der Waals surface area contributed by atoms with Crippen LogP contribution in [0.3, 0.4) is 0 Å². The molecule has 0 atom stereocenters. The number of nitrogens with zero attached hydrogens (tertiary/aromatic N) is 3. The van der Waals surface area contributed by atoms with E-state index < -0.39 is 27.2 Å². The third-order valence-corrected chi connectivity index (χ3v) is 6.12. The Hall–Kier alpha value is -2.68. The summed E-state index contributed by atoms with van der Waals surface area (Å²) in [7, 11) is -3.04. The van der Waals surface area contributed by atoms with Crippen molar-refractivity contribution in [3.8, 4) is 11.4 Å². The highest BCUT2D eigenvalue weighted by atomic mass is 32.2. The fourth-order valence-corrected chi connectivity index (χ4v) is 3.93. The number of sulfone groups is 1. The zero-order valence-electron chi connectivity index (χ0n) is 13.7. The zero-order valence-corrected chi connectivity index (χ0v) is 14.5. The van der Waals surface area contributed by atoms with Crippen molar-refractivity contribution in [2.45, 2.75) is 5.25 Å². The minimum absolute atomic E-state index is 0.199. The van der Waals surface area contributed by atoms with E-state index in [0.717, 1.165) is 23.2 Å². The van der Waals surface area contributed by atoms with Gasteiger partial charge in [0, 0.05) is 42.6 Å². The quantitative estimate of drug-likeness (QED) is 0.755. The van der Waals surface area contributed by atoms with Gasteiger partial charge in [-0.1, -0.05) is 0 Å². The molecule has 4 rings (SSSR count). The van der Waals surface area contributed by atoms with E-state index in [9.17, 15) is 22.3 Å². The number of fused-ring (bicyclic) bond motifs is 1. The van der Waals surface area contributed by atoms with Gasteiger partial charge in [0.05, 0.1) is 22.7 Å². The second-order valence-electron chi connectivity index (χ2n) is 6.42. The van der Waals surface area contributed by atoms with Crippen molar-refractivity contribution in [1.82, 2.24) is 9.78 Å². The molecule has 2 heterocycles. The van der Waals surface area contributed by atoms with Crippen LogP contribution in [0.25, 0.3) is 16.6 Å². The van der Waals surface area contributed by atoms with Crippen LogP contribution in [-0.4, -0.2) is 47.9 Å². The van der Waals surface area contributed by atoms with Crippen LogP contribution in [0, 0.1) is 11.6 Å². The highest BCUT2D eigenvalue weighted by Crippen LogP contribution is 2.30. The van der Waals surface area contributed by atoms with Gasteiger partial charge in [0.15, 0.2) is 27.2 Å². The first-order valence-corrected chi connectivity index (χ1v) is 9.79. The molecule has 1 saturated heterocycles. The minimum atomic E-state index is -3.04. The van der Waals surface area contributed by atoms with E-state index in [1.807, 2.05) is 17.0 Å². The lowest BCUT2D eigenvalue weighted by molar-refractivity contribution is 0.406. The maximum atomic E-state index is 13.6. The molecule has 0 saturated carbocycles. The van der Waals surface area contributed by atoms with Crippen LogP contribution < -0.4 is 4.90 Å². The van der Waals surface area contributed by atoms with E-state index in [1.165, 1.54) is 10.9 Å². The lowest BCUT2D eigenvalue weighted by Crippen LogP contribution is -2.54. The van der Waals surface area contributed by atoms with Gasteiger partial charge in [-0.05, 0) is 18.2 Å². The predicted molar refractivity (Wildman–Crippen MR) is 93.5 cm³/mol. The Balaban J connectivity index is 1.67. The van der Waals surface area contributed by atoms with E-state index >= 15 is 0 Å². The summed E-state index contributed by atoms with van der Waals surface area (Å²) in [4.78, 5) is 1.95. The number of halogens is 2. The molecule has 6 nitrogen and oxygen atoms in total. The van der Waals surface area contributed by atoms with Crippen LogP contribution in [0.4, 0.5) is 14.5 Å². The first-order chi connectivity index (χ1) is 12.2. The zero-order chi connectivity index (χ0) is 18.6. The highest BCUT2D eigenvalue weighted by molar-refractivity contribution is 7.91. The van der Waals surface area contributed by atoms with Gasteiger partial charge in [0.25, 0.3) is 0 Å². The molecule has 1 fully saturated rings. The van der Waals surface area contributed by atoms with Crippen molar-refractivity contribution in [3.63, 3.8) is 0 Å². The van der Waals surface area contributed by atoms with Crippen molar-refractivity contribution in [2.24, 2.45) is 0 Å². The number of phenolic OH excluding ortho intramolecular Hbond substituents is 1. The third-order valence-electron chi connectivity index (χ3n) is 4.61. The molecule has 0 aliphatic carbocycles. The average Bonchev–Trinajstić information content (AvgIpc) is 2.92. The van der Waals surface area contributed by atoms with Gasteiger partial charge in [-0.25, -0.2) is 17.5 Å². The molecule has 1 aliphatic heterocycles. The normalized spacial score (nSPS) is 15.4. The van der Waals surface area contributed by atoms with Crippen molar-refractivity contribution < 1.29 is 22.3 Å². The molecule has 136 valence electrons. The van der Waals surface area contributed by atoms with Crippen LogP contribution in [0.2, 0.25) is 0 Å². The lowest BCUT2D eigenvalue weighted by Gasteiger charge is -2.39. The largest absolute Gasteiger partial charge is 0.505 e. The number of hydrogen-bond acceptors (Lipinski definition) is 5. The van der Waals surface area contributed by atoms with Gasteiger partial charge in [-0.15, -0.1) is 0 Å². The van der Waals surface area contributed by atoms with Gasteiger partial charge >= 0.3 is 0 Å². The summed E-state index contributed by atoms with van der Waals surface area (Å²) in [5.41, 5.74) is 1.72. The summed E-state index contributed by atoms with van der Waals surface area (Å²) in [6.45, 7) is 0.880. The molecule has 0 radical (unpaired) electrons. The summed E-state index contributed by atoms with van der Waals surface area (Å²) >= 11 is 0. The molecule has 0 unspecified atom stereocenters. The molecular formula is C17H15F2N3O3S. The maximum Gasteiger partial charge on any atom is 0.200 e. The Morgan fingerprint density at radius 2 is 1.88 bits per heavy atom. The first-order valence-electron chi connectivity index (χ1n) is 7.84. The van der Waals surface area contributed by atoms with Crippen LogP contribution in [0.5, 0.6) is 5.75 Å². The molecule has 26 heavy (non-hydrogen) atoms. The average molecular weight is 379 g/mol. The van der Waals surface area contributed by atoms with Crippen LogP contribution in [0.15, 0.2) is 36.5 Å². The second-order valence-corrected chi connectivity index (χ2v) is 8.74. The van der Waals surface area contributed by atoms with E-state index in [1.54, 1.807) is 12.3 Å². The third kappa shape index (κ3) is 2.68. The number of aromatic nitrogens is 2. The number of anilines is 1. The highest BCUT2D eigenvalue weighted by Gasteiger charge is 2.34. The first kappa shape index (κ1) is 16.8. The Bertz CT molecular complexity index is 1100. The van der Waals surface area contributed by atoms with Gasteiger partial charge in [0.2, 0.25) is 0 Å². The number of benzene rings is 2. The molecule has 0 bridgehead atoms. The summed E-state index contributed by atoms with van der Waals surface area (Å²) in [6.07, 6.45) is 2.81. The van der Waals surface area contributed by atoms with Crippen molar-refractivity contribution >= 4 is 26.4 Å². The number of hydrogen-bond donors (Lipinski definition) is 1. The molecule has 0 amide bonds. The summed E-state index contributed by atoms with van der Waals surface area (Å²) in [6, 6.07) is 7.51. The van der Waals surface area contributed by atoms with Crippen LogP contribution in [0.1, 0.15) is 0 Å². The van der Waals surface area contributed by atoms with E-state index in [2.05, 4.69) is 5.10 Å². The molecule has 0 spiro atoms. The smallest absolute Gasteiger partial charge is 0.200 e. The van der Waals surface area contributed by atoms with E-state index in [0.29, 0.717) is 18.6 Å². The minimum Gasteiger partial charge on any atom is -0.505 e. The van der Waals surface area contributed by atoms with E-state index in [-0.39, 0.29) is 10.9 Å². The summed E-state index contributed by atoms with van der Waals surface area (Å²) in [5.74, 6) is -3.24. The van der Waals surface area contributed by atoms with Gasteiger partial charge in [-0.2, -0.15) is 9.49 Å². The summed E-state index contributed by atoms with van der Waals surface area (Å²) in [5, 5.41) is 14.1. The summed E-state index contributed by atoms with van der Waals surface area (Å²) < 4.78 is 51.3. The predicted octanol–water partition coefficient (Wildman–Crippen LogP) is 2.24. The number of rotatable bonds is 3. The molecule has 9 heteroatoms. The lowest BCUT2D eigenvalue weighted by atomic mass is 10.1. The standard InChI is InChI=1S/C17H15F2N3O3S/c1-26(24,25)13-8-21(9-13)11-2-3-15-10(4-11)7-20-22(15)12-5-14(18)17(19)16(23)6-12/h2-7,13,23H,8-9H2,1H3. The monoisotopic (exact) mass is 379 g/mol. The molecular weight excluding hydrogens is 364 g/mol. The van der Waals surface area contributed by atoms with Crippen LogP contribution in [-0.2, 0) is 9.84 Å². The van der Waals surface area contributed by atoms with Crippen LogP contribution >= 0.6 is 0 Å². The maximum absolute atomic E-state index is 13.6. The molecule has 1 N–H and O–H groups in total. The fraction of sp³-hybridized carbons (Fsp3) is 0.235. The Morgan fingerprint density at radius 1 is 1.15 bits per heavy atom. The van der Waals surface area contributed by atoms with Gasteiger partial charge in [0.1, 0.15) is 0 Å². The topological polar surface area (TPSA) is 75.4 Å².